The molecule has 2 atom stereocenters. The SMILES string of the molecule is O=C1CCC[C@]12CCCC(O)C2. The standard InChI is InChI=1S/C10H16O2/c11-8-3-1-5-10(7-8)6-2-4-9(10)12/h8,11H,1-7H2/t8?,10-/m0/s1. The highest BCUT2D eigenvalue weighted by Gasteiger charge is 2.44. The number of rotatable bonds is 0. The van der Waals surface area contributed by atoms with Crippen LogP contribution in [0.2, 0.25) is 0 Å². The second kappa shape index (κ2) is 2.84. The first-order valence-electron chi connectivity index (χ1n) is 4.94. The number of ketones is 1. The van der Waals surface area contributed by atoms with Gasteiger partial charge in [0.2, 0.25) is 0 Å². The molecule has 2 heteroatoms. The van der Waals surface area contributed by atoms with Crippen LogP contribution in [0.5, 0.6) is 0 Å². The minimum Gasteiger partial charge on any atom is -0.393 e. The molecule has 68 valence electrons. The Hall–Kier alpha value is -0.370. The predicted octanol–water partition coefficient (Wildman–Crippen LogP) is 1.66. The lowest BCUT2D eigenvalue weighted by molar-refractivity contribution is -0.129. The van der Waals surface area contributed by atoms with E-state index in [1.54, 1.807) is 0 Å². The average molecular weight is 168 g/mol. The van der Waals surface area contributed by atoms with Crippen LogP contribution in [0.15, 0.2) is 0 Å². The van der Waals surface area contributed by atoms with Crippen LogP contribution in [-0.4, -0.2) is 17.0 Å². The molecule has 0 radical (unpaired) electrons. The van der Waals surface area contributed by atoms with E-state index >= 15 is 0 Å². The maximum Gasteiger partial charge on any atom is 0.139 e. The van der Waals surface area contributed by atoms with E-state index in [1.807, 2.05) is 0 Å². The van der Waals surface area contributed by atoms with Gasteiger partial charge in [-0.2, -0.15) is 0 Å². The van der Waals surface area contributed by atoms with Gasteiger partial charge in [0.25, 0.3) is 0 Å². The van der Waals surface area contributed by atoms with Gasteiger partial charge in [0.05, 0.1) is 6.10 Å². The molecule has 0 aromatic carbocycles. The molecule has 1 spiro atoms. The van der Waals surface area contributed by atoms with E-state index in [-0.39, 0.29) is 11.5 Å². The van der Waals surface area contributed by atoms with Crippen LogP contribution in [0.4, 0.5) is 0 Å². The van der Waals surface area contributed by atoms with Gasteiger partial charge < -0.3 is 5.11 Å². The molecular weight excluding hydrogens is 152 g/mol. The van der Waals surface area contributed by atoms with E-state index < -0.39 is 0 Å². The Labute approximate surface area is 73.0 Å². The summed E-state index contributed by atoms with van der Waals surface area (Å²) in [5.41, 5.74) is -0.0856. The summed E-state index contributed by atoms with van der Waals surface area (Å²) in [6.45, 7) is 0. The van der Waals surface area contributed by atoms with Crippen molar-refractivity contribution in [3.63, 3.8) is 0 Å². The molecule has 0 amide bonds. The van der Waals surface area contributed by atoms with Gasteiger partial charge in [-0.3, -0.25) is 4.79 Å². The van der Waals surface area contributed by atoms with Crippen LogP contribution >= 0.6 is 0 Å². The molecule has 2 aliphatic carbocycles. The molecule has 12 heavy (non-hydrogen) atoms. The van der Waals surface area contributed by atoms with Crippen molar-refractivity contribution >= 4 is 5.78 Å². The van der Waals surface area contributed by atoms with Crippen molar-refractivity contribution in [3.8, 4) is 0 Å². The lowest BCUT2D eigenvalue weighted by Crippen LogP contribution is -2.34. The molecule has 2 fully saturated rings. The fourth-order valence-corrected chi connectivity index (χ4v) is 2.80. The molecule has 2 nitrogen and oxygen atoms in total. The van der Waals surface area contributed by atoms with E-state index in [9.17, 15) is 9.90 Å². The number of Topliss-reactive ketones (excluding diaryl/α,β-unsaturated/α-hetero) is 1. The van der Waals surface area contributed by atoms with Crippen LogP contribution in [0.25, 0.3) is 0 Å². The van der Waals surface area contributed by atoms with Crippen LogP contribution < -0.4 is 0 Å². The van der Waals surface area contributed by atoms with Crippen molar-refractivity contribution in [2.75, 3.05) is 0 Å². The Bertz CT molecular complexity index is 200. The van der Waals surface area contributed by atoms with Crippen molar-refractivity contribution < 1.29 is 9.90 Å². The maximum atomic E-state index is 11.6. The van der Waals surface area contributed by atoms with Crippen molar-refractivity contribution in [1.82, 2.24) is 0 Å². The molecule has 0 aromatic rings. The van der Waals surface area contributed by atoms with Gasteiger partial charge in [-0.25, -0.2) is 0 Å². The highest BCUT2D eigenvalue weighted by atomic mass is 16.3. The fraction of sp³-hybridized carbons (Fsp3) is 0.900. The molecule has 2 rings (SSSR count). The van der Waals surface area contributed by atoms with Crippen molar-refractivity contribution in [1.29, 1.82) is 0 Å². The molecule has 0 saturated heterocycles. The van der Waals surface area contributed by atoms with Gasteiger partial charge in [-0.15, -0.1) is 0 Å². The van der Waals surface area contributed by atoms with E-state index in [4.69, 9.17) is 0 Å². The number of aliphatic hydroxyl groups excluding tert-OH is 1. The third-order valence-electron chi connectivity index (χ3n) is 3.47. The highest BCUT2D eigenvalue weighted by molar-refractivity contribution is 5.86. The third kappa shape index (κ3) is 1.18. The van der Waals surface area contributed by atoms with Crippen LogP contribution in [-0.2, 0) is 4.79 Å². The Morgan fingerprint density at radius 2 is 2.08 bits per heavy atom. The Kier molecular flexibility index (Phi) is 1.95. The zero-order chi connectivity index (χ0) is 8.60. The van der Waals surface area contributed by atoms with Crippen molar-refractivity contribution in [2.45, 2.75) is 51.0 Å². The first-order valence-corrected chi connectivity index (χ1v) is 4.94. The smallest absolute Gasteiger partial charge is 0.139 e. The molecule has 0 aromatic heterocycles. The summed E-state index contributed by atoms with van der Waals surface area (Å²) in [4.78, 5) is 11.6. The second-order valence-corrected chi connectivity index (χ2v) is 4.31. The third-order valence-corrected chi connectivity index (χ3v) is 3.47. The fourth-order valence-electron chi connectivity index (χ4n) is 2.80. The summed E-state index contributed by atoms with van der Waals surface area (Å²) in [6.07, 6.45) is 6.33. The van der Waals surface area contributed by atoms with Gasteiger partial charge in [0, 0.05) is 11.8 Å². The summed E-state index contributed by atoms with van der Waals surface area (Å²) in [5.74, 6) is 0.418. The van der Waals surface area contributed by atoms with Gasteiger partial charge in [-0.1, -0.05) is 0 Å². The van der Waals surface area contributed by atoms with Gasteiger partial charge >= 0.3 is 0 Å². The van der Waals surface area contributed by atoms with Crippen LogP contribution in [0, 0.1) is 5.41 Å². The molecule has 0 aliphatic heterocycles. The summed E-state index contributed by atoms with van der Waals surface area (Å²) in [7, 11) is 0. The van der Waals surface area contributed by atoms with Crippen LogP contribution in [0.1, 0.15) is 44.9 Å². The zero-order valence-electron chi connectivity index (χ0n) is 7.38. The number of hydrogen-bond donors (Lipinski definition) is 1. The van der Waals surface area contributed by atoms with Crippen molar-refractivity contribution in [3.05, 3.63) is 0 Å². The van der Waals surface area contributed by atoms with Crippen LogP contribution in [0.3, 0.4) is 0 Å². The summed E-state index contributed by atoms with van der Waals surface area (Å²) in [6, 6.07) is 0. The minimum atomic E-state index is -0.208. The van der Waals surface area contributed by atoms with E-state index in [1.165, 1.54) is 0 Å². The number of aliphatic hydroxyl groups is 1. The van der Waals surface area contributed by atoms with Gasteiger partial charge in [0.1, 0.15) is 5.78 Å². The number of carbonyl (C=O) groups is 1. The zero-order valence-corrected chi connectivity index (χ0v) is 7.38. The molecule has 0 heterocycles. The Morgan fingerprint density at radius 3 is 2.67 bits per heavy atom. The largest absolute Gasteiger partial charge is 0.393 e. The maximum absolute atomic E-state index is 11.6. The normalized spacial score (nSPS) is 42.4. The quantitative estimate of drug-likeness (QED) is 0.597. The predicted molar refractivity (Wildman–Crippen MR) is 45.8 cm³/mol. The van der Waals surface area contributed by atoms with E-state index in [2.05, 4.69) is 0 Å². The van der Waals surface area contributed by atoms with Gasteiger partial charge in [-0.05, 0) is 38.5 Å². The molecule has 2 saturated carbocycles. The first kappa shape index (κ1) is 8.24. The average Bonchev–Trinajstić information content (AvgIpc) is 2.33. The highest BCUT2D eigenvalue weighted by Crippen LogP contribution is 2.46. The Balaban J connectivity index is 2.13. The summed E-state index contributed by atoms with van der Waals surface area (Å²) < 4.78 is 0. The minimum absolute atomic E-state index is 0.0856. The molecule has 1 N–H and O–H groups in total. The lowest BCUT2D eigenvalue weighted by Gasteiger charge is -2.34. The summed E-state index contributed by atoms with van der Waals surface area (Å²) >= 11 is 0. The topological polar surface area (TPSA) is 37.3 Å². The van der Waals surface area contributed by atoms with E-state index in [0.717, 1.165) is 44.9 Å². The van der Waals surface area contributed by atoms with E-state index in [0.29, 0.717) is 5.78 Å². The lowest BCUT2D eigenvalue weighted by atomic mass is 9.71. The van der Waals surface area contributed by atoms with Crippen molar-refractivity contribution in [2.24, 2.45) is 5.41 Å². The molecule has 2 aliphatic rings. The first-order chi connectivity index (χ1) is 5.73. The number of hydrogen-bond acceptors (Lipinski definition) is 2. The number of carbonyl (C=O) groups excluding carboxylic acids is 1. The van der Waals surface area contributed by atoms with Gasteiger partial charge in [0.15, 0.2) is 0 Å². The second-order valence-electron chi connectivity index (χ2n) is 4.31. The molecule has 0 bridgehead atoms. The Morgan fingerprint density at radius 1 is 1.33 bits per heavy atom. The molecular formula is C10H16O2. The monoisotopic (exact) mass is 168 g/mol. The molecule has 1 unspecified atom stereocenters. The summed E-state index contributed by atoms with van der Waals surface area (Å²) in [5, 5.41) is 9.50.